The van der Waals surface area contributed by atoms with E-state index in [1.165, 1.54) is 0 Å². The first-order valence-electron chi connectivity index (χ1n) is 10.2. The highest BCUT2D eigenvalue weighted by molar-refractivity contribution is 5.94. The van der Waals surface area contributed by atoms with Gasteiger partial charge >= 0.3 is 0 Å². The molecule has 0 saturated carbocycles. The number of pyridine rings is 1. The van der Waals surface area contributed by atoms with Gasteiger partial charge in [-0.2, -0.15) is 0 Å². The van der Waals surface area contributed by atoms with E-state index in [2.05, 4.69) is 36.0 Å². The van der Waals surface area contributed by atoms with Gasteiger partial charge in [0.15, 0.2) is 0 Å². The summed E-state index contributed by atoms with van der Waals surface area (Å²) < 4.78 is 0. The van der Waals surface area contributed by atoms with Crippen molar-refractivity contribution in [2.24, 2.45) is 5.92 Å². The van der Waals surface area contributed by atoms with Gasteiger partial charge in [-0.25, -0.2) is 4.98 Å². The Morgan fingerprint density at radius 3 is 2.41 bits per heavy atom. The third-order valence-electron chi connectivity index (χ3n) is 4.91. The molecule has 0 aliphatic carbocycles. The van der Waals surface area contributed by atoms with Crippen LogP contribution in [0.3, 0.4) is 0 Å². The fraction of sp³-hybridized carbons (Fsp3) is 0.667. The van der Waals surface area contributed by atoms with Gasteiger partial charge in [-0.1, -0.05) is 27.2 Å². The van der Waals surface area contributed by atoms with E-state index in [0.29, 0.717) is 17.9 Å². The Hall–Kier alpha value is -2.11. The number of piperazine rings is 1. The molecule has 2 heterocycles. The average molecular weight is 375 g/mol. The van der Waals surface area contributed by atoms with Crippen molar-refractivity contribution in [3.05, 3.63) is 23.9 Å². The summed E-state index contributed by atoms with van der Waals surface area (Å²) in [5, 5.41) is 3.02. The molecule has 1 saturated heterocycles. The second kappa shape index (κ2) is 10.3. The highest BCUT2D eigenvalue weighted by Gasteiger charge is 2.21. The van der Waals surface area contributed by atoms with Crippen LogP contribution in [0, 0.1) is 5.92 Å². The minimum atomic E-state index is -0.0754. The van der Waals surface area contributed by atoms with Crippen molar-refractivity contribution in [3.63, 3.8) is 0 Å². The highest BCUT2D eigenvalue weighted by atomic mass is 16.2. The van der Waals surface area contributed by atoms with Gasteiger partial charge in [-0.3, -0.25) is 9.59 Å². The maximum absolute atomic E-state index is 12.3. The molecular weight excluding hydrogens is 340 g/mol. The van der Waals surface area contributed by atoms with E-state index in [1.54, 1.807) is 6.20 Å². The first-order valence-corrected chi connectivity index (χ1v) is 10.2. The number of nitrogens with zero attached hydrogens (tertiary/aromatic N) is 3. The Kier molecular flexibility index (Phi) is 8.07. The Bertz CT molecular complexity index is 607. The van der Waals surface area contributed by atoms with Crippen LogP contribution in [-0.4, -0.2) is 53.9 Å². The van der Waals surface area contributed by atoms with E-state index >= 15 is 0 Å². The topological polar surface area (TPSA) is 65.5 Å². The number of hydrogen-bond acceptors (Lipinski definition) is 4. The predicted molar refractivity (Wildman–Crippen MR) is 109 cm³/mol. The number of carbonyl (C=O) groups excluding carboxylic acids is 2. The molecule has 1 fully saturated rings. The van der Waals surface area contributed by atoms with Crippen LogP contribution >= 0.6 is 0 Å². The van der Waals surface area contributed by atoms with E-state index < -0.39 is 0 Å². The average Bonchev–Trinajstić information content (AvgIpc) is 2.65. The van der Waals surface area contributed by atoms with Gasteiger partial charge in [0.05, 0.1) is 5.56 Å². The lowest BCUT2D eigenvalue weighted by atomic mass is 10.1. The second-order valence-electron chi connectivity index (χ2n) is 7.88. The normalized spacial score (nSPS) is 15.7. The zero-order chi connectivity index (χ0) is 19.8. The van der Waals surface area contributed by atoms with Crippen LogP contribution in [-0.2, 0) is 4.79 Å². The molecule has 27 heavy (non-hydrogen) atoms. The molecule has 1 aliphatic heterocycles. The first-order chi connectivity index (χ1) is 12.9. The molecule has 0 radical (unpaired) electrons. The van der Waals surface area contributed by atoms with E-state index in [-0.39, 0.29) is 17.9 Å². The molecule has 1 aromatic rings. The van der Waals surface area contributed by atoms with Crippen LogP contribution in [0.1, 0.15) is 63.7 Å². The Labute approximate surface area is 163 Å². The molecule has 0 spiro atoms. The van der Waals surface area contributed by atoms with Gasteiger partial charge in [0.25, 0.3) is 5.91 Å². The number of anilines is 1. The third-order valence-corrected chi connectivity index (χ3v) is 4.91. The standard InChI is InChI=1S/C21H34N4O2/c1-5-6-7-20(26)25-12-10-24(11-13-25)19-9-8-18(15-22-19)21(27)23-17(4)14-16(2)3/h8-9,15-17H,5-7,10-14H2,1-4H3,(H,23,27). The van der Waals surface area contributed by atoms with Gasteiger partial charge in [0.2, 0.25) is 5.91 Å². The van der Waals surface area contributed by atoms with Gasteiger partial charge in [0.1, 0.15) is 5.82 Å². The lowest BCUT2D eigenvalue weighted by Crippen LogP contribution is -2.49. The number of amides is 2. The van der Waals surface area contributed by atoms with Gasteiger partial charge < -0.3 is 15.1 Å². The number of nitrogens with one attached hydrogen (secondary N) is 1. The fourth-order valence-corrected chi connectivity index (χ4v) is 3.45. The van der Waals surface area contributed by atoms with Crippen LogP contribution < -0.4 is 10.2 Å². The van der Waals surface area contributed by atoms with E-state index in [0.717, 1.165) is 51.3 Å². The summed E-state index contributed by atoms with van der Waals surface area (Å²) in [7, 11) is 0. The minimum absolute atomic E-state index is 0.0754. The lowest BCUT2D eigenvalue weighted by Gasteiger charge is -2.35. The number of hydrogen-bond donors (Lipinski definition) is 1. The molecule has 1 aromatic heterocycles. The van der Waals surface area contributed by atoms with Crippen molar-refractivity contribution < 1.29 is 9.59 Å². The van der Waals surface area contributed by atoms with Gasteiger partial charge in [-0.05, 0) is 37.8 Å². The molecule has 2 amide bonds. The van der Waals surface area contributed by atoms with E-state index in [9.17, 15) is 9.59 Å². The largest absolute Gasteiger partial charge is 0.353 e. The number of carbonyl (C=O) groups is 2. The third kappa shape index (κ3) is 6.52. The van der Waals surface area contributed by atoms with Crippen LogP contribution in [0.4, 0.5) is 5.82 Å². The quantitative estimate of drug-likeness (QED) is 0.759. The first kappa shape index (κ1) is 21.2. The summed E-state index contributed by atoms with van der Waals surface area (Å²) in [4.78, 5) is 33.0. The minimum Gasteiger partial charge on any atom is -0.353 e. The molecule has 6 heteroatoms. The summed E-state index contributed by atoms with van der Waals surface area (Å²) in [5.74, 6) is 1.59. The van der Waals surface area contributed by atoms with Gasteiger partial charge in [-0.15, -0.1) is 0 Å². The summed E-state index contributed by atoms with van der Waals surface area (Å²) in [6.45, 7) is 11.5. The van der Waals surface area contributed by atoms with Crippen molar-refractivity contribution >= 4 is 17.6 Å². The Balaban J connectivity index is 1.85. The predicted octanol–water partition coefficient (Wildman–Crippen LogP) is 3.08. The Morgan fingerprint density at radius 2 is 1.85 bits per heavy atom. The van der Waals surface area contributed by atoms with Crippen molar-refractivity contribution in [2.75, 3.05) is 31.1 Å². The summed E-state index contributed by atoms with van der Waals surface area (Å²) in [6, 6.07) is 3.88. The van der Waals surface area contributed by atoms with Crippen molar-refractivity contribution in [3.8, 4) is 0 Å². The van der Waals surface area contributed by atoms with Crippen LogP contribution in [0.25, 0.3) is 0 Å². The summed E-state index contributed by atoms with van der Waals surface area (Å²) in [5.41, 5.74) is 0.586. The zero-order valence-corrected chi connectivity index (χ0v) is 17.2. The van der Waals surface area contributed by atoms with Crippen LogP contribution in [0.15, 0.2) is 18.3 Å². The number of unbranched alkanes of at least 4 members (excludes halogenated alkanes) is 1. The lowest BCUT2D eigenvalue weighted by molar-refractivity contribution is -0.131. The monoisotopic (exact) mass is 374 g/mol. The second-order valence-corrected chi connectivity index (χ2v) is 7.88. The van der Waals surface area contributed by atoms with Crippen LogP contribution in [0.5, 0.6) is 0 Å². The van der Waals surface area contributed by atoms with Crippen LogP contribution in [0.2, 0.25) is 0 Å². The molecular formula is C21H34N4O2. The van der Waals surface area contributed by atoms with Crippen molar-refractivity contribution in [1.29, 1.82) is 0 Å². The SMILES string of the molecule is CCCCC(=O)N1CCN(c2ccc(C(=O)NC(C)CC(C)C)cn2)CC1. The number of rotatable bonds is 8. The van der Waals surface area contributed by atoms with E-state index in [4.69, 9.17) is 0 Å². The maximum atomic E-state index is 12.3. The fourth-order valence-electron chi connectivity index (χ4n) is 3.45. The van der Waals surface area contributed by atoms with E-state index in [1.807, 2.05) is 24.0 Å². The molecule has 150 valence electrons. The smallest absolute Gasteiger partial charge is 0.253 e. The molecule has 1 unspecified atom stereocenters. The highest BCUT2D eigenvalue weighted by Crippen LogP contribution is 2.15. The van der Waals surface area contributed by atoms with Crippen molar-refractivity contribution in [2.45, 2.75) is 59.4 Å². The molecule has 0 bridgehead atoms. The Morgan fingerprint density at radius 1 is 1.15 bits per heavy atom. The molecule has 1 aliphatic rings. The molecule has 2 rings (SSSR count). The molecule has 0 aromatic carbocycles. The molecule has 1 N–H and O–H groups in total. The molecule has 6 nitrogen and oxygen atoms in total. The van der Waals surface area contributed by atoms with Gasteiger partial charge in [0, 0.05) is 44.8 Å². The molecule has 1 atom stereocenters. The summed E-state index contributed by atoms with van der Waals surface area (Å²) >= 11 is 0. The number of aromatic nitrogens is 1. The zero-order valence-electron chi connectivity index (χ0n) is 17.2. The van der Waals surface area contributed by atoms with Crippen molar-refractivity contribution in [1.82, 2.24) is 15.2 Å². The maximum Gasteiger partial charge on any atom is 0.253 e. The summed E-state index contributed by atoms with van der Waals surface area (Å²) in [6.07, 6.45) is 5.25.